The number of hydrogen-bond acceptors (Lipinski definition) is 1. The highest BCUT2D eigenvalue weighted by Gasteiger charge is 2.11. The molecule has 0 saturated carbocycles. The fourth-order valence-corrected chi connectivity index (χ4v) is 3.41. The molecule has 0 amide bonds. The van der Waals surface area contributed by atoms with Crippen molar-refractivity contribution in [3.8, 4) is 0 Å². The predicted octanol–water partition coefficient (Wildman–Crippen LogP) is 5.99. The average molecular weight is 388 g/mol. The normalized spacial score (nSPS) is 11.0. The third-order valence-corrected chi connectivity index (χ3v) is 4.52. The van der Waals surface area contributed by atoms with Crippen LogP contribution in [0.4, 0.5) is 10.1 Å². The molecule has 3 aromatic rings. The Morgan fingerprint density at radius 1 is 1.19 bits per heavy atom. The molecule has 3 rings (SSSR count). The Kier molecular flexibility index (Phi) is 4.11. The minimum atomic E-state index is -0.388. The number of fused-ring (bicyclic) bond motifs is 1. The Bertz CT molecular complexity index is 794. The number of benzene rings is 2. The second-order valence-corrected chi connectivity index (χ2v) is 6.20. The van der Waals surface area contributed by atoms with Crippen molar-refractivity contribution in [3.63, 3.8) is 0 Å². The van der Waals surface area contributed by atoms with Crippen molar-refractivity contribution in [2.45, 2.75) is 6.54 Å². The zero-order valence-corrected chi connectivity index (χ0v) is 13.8. The van der Waals surface area contributed by atoms with Gasteiger partial charge in [0.15, 0.2) is 0 Å². The lowest BCUT2D eigenvalue weighted by atomic mass is 10.2. The molecule has 1 heterocycles. The highest BCUT2D eigenvalue weighted by atomic mass is 79.9. The molecule has 1 aromatic heterocycles. The maximum Gasteiger partial charge on any atom is 0.125 e. The van der Waals surface area contributed by atoms with Gasteiger partial charge in [-0.05, 0) is 34.1 Å². The molecule has 2 nitrogen and oxygen atoms in total. The monoisotopic (exact) mass is 386 g/mol. The summed E-state index contributed by atoms with van der Waals surface area (Å²) in [5.41, 5.74) is 2.46. The first-order valence-corrected chi connectivity index (χ1v) is 7.74. The third kappa shape index (κ3) is 2.89. The van der Waals surface area contributed by atoms with E-state index in [0.29, 0.717) is 26.8 Å². The van der Waals surface area contributed by atoms with E-state index < -0.39 is 0 Å². The van der Waals surface area contributed by atoms with Gasteiger partial charge in [-0.15, -0.1) is 0 Å². The number of rotatable bonds is 3. The number of anilines is 1. The van der Waals surface area contributed by atoms with Gasteiger partial charge >= 0.3 is 0 Å². The lowest BCUT2D eigenvalue weighted by Gasteiger charge is -2.10. The molecule has 0 bridgehead atoms. The summed E-state index contributed by atoms with van der Waals surface area (Å²) in [4.78, 5) is 3.26. The van der Waals surface area contributed by atoms with E-state index in [1.165, 1.54) is 12.1 Å². The van der Waals surface area contributed by atoms with Crippen LogP contribution in [-0.4, -0.2) is 4.98 Å². The molecule has 0 unspecified atom stereocenters. The van der Waals surface area contributed by atoms with Crippen molar-refractivity contribution >= 4 is 55.7 Å². The lowest BCUT2D eigenvalue weighted by Crippen LogP contribution is -2.02. The third-order valence-electron chi connectivity index (χ3n) is 3.16. The Balaban J connectivity index is 1.89. The first-order valence-electron chi connectivity index (χ1n) is 6.20. The van der Waals surface area contributed by atoms with Crippen molar-refractivity contribution in [1.82, 2.24) is 4.98 Å². The second-order valence-electron chi connectivity index (χ2n) is 4.56. The number of aromatic amines is 1. The van der Waals surface area contributed by atoms with E-state index in [9.17, 15) is 4.39 Å². The average Bonchev–Trinajstić information content (AvgIpc) is 2.75. The molecule has 2 N–H and O–H groups in total. The standard InChI is InChI=1S/C15H10BrCl2FN2/c16-10-5-8(19)6-11(17)15(10)20-7-13-14(18)9-3-1-2-4-12(9)21-13/h1-6,20-21H,7H2. The zero-order chi connectivity index (χ0) is 15.0. The molecular formula is C15H10BrCl2FN2. The molecule has 6 heteroatoms. The van der Waals surface area contributed by atoms with Crippen LogP contribution in [0.2, 0.25) is 10.0 Å². The Morgan fingerprint density at radius 2 is 1.95 bits per heavy atom. The van der Waals surface area contributed by atoms with Crippen molar-refractivity contribution in [2.24, 2.45) is 0 Å². The summed E-state index contributed by atoms with van der Waals surface area (Å²) in [6.07, 6.45) is 0. The molecule has 21 heavy (non-hydrogen) atoms. The fourth-order valence-electron chi connectivity index (χ4n) is 2.17. The van der Waals surface area contributed by atoms with E-state index in [1.54, 1.807) is 0 Å². The van der Waals surface area contributed by atoms with Crippen LogP contribution in [0.3, 0.4) is 0 Å². The highest BCUT2D eigenvalue weighted by Crippen LogP contribution is 2.33. The van der Waals surface area contributed by atoms with Crippen LogP contribution >= 0.6 is 39.1 Å². The van der Waals surface area contributed by atoms with Crippen molar-refractivity contribution in [2.75, 3.05) is 5.32 Å². The highest BCUT2D eigenvalue weighted by molar-refractivity contribution is 9.10. The van der Waals surface area contributed by atoms with E-state index >= 15 is 0 Å². The number of nitrogens with one attached hydrogen (secondary N) is 2. The SMILES string of the molecule is Fc1cc(Cl)c(NCc2[nH]c3ccccc3c2Cl)c(Br)c1. The van der Waals surface area contributed by atoms with Crippen molar-refractivity contribution in [1.29, 1.82) is 0 Å². The second kappa shape index (κ2) is 5.87. The molecule has 0 radical (unpaired) electrons. The van der Waals surface area contributed by atoms with Crippen LogP contribution in [0, 0.1) is 5.82 Å². The van der Waals surface area contributed by atoms with Gasteiger partial charge in [0, 0.05) is 15.4 Å². The molecular weight excluding hydrogens is 378 g/mol. The van der Waals surface area contributed by atoms with Gasteiger partial charge in [0.2, 0.25) is 0 Å². The Hall–Kier alpha value is -1.23. The lowest BCUT2D eigenvalue weighted by molar-refractivity contribution is 0.627. The first kappa shape index (κ1) is 14.7. The van der Waals surface area contributed by atoms with E-state index in [0.717, 1.165) is 16.6 Å². The molecule has 0 saturated heterocycles. The van der Waals surface area contributed by atoms with E-state index in [-0.39, 0.29) is 5.82 Å². The quantitative estimate of drug-likeness (QED) is 0.567. The summed E-state index contributed by atoms with van der Waals surface area (Å²) in [5.74, 6) is -0.388. The molecule has 0 atom stereocenters. The van der Waals surface area contributed by atoms with Crippen molar-refractivity contribution < 1.29 is 4.39 Å². The number of para-hydroxylation sites is 1. The molecule has 0 spiro atoms. The van der Waals surface area contributed by atoms with Gasteiger partial charge in [-0.1, -0.05) is 41.4 Å². The largest absolute Gasteiger partial charge is 0.377 e. The smallest absolute Gasteiger partial charge is 0.125 e. The van der Waals surface area contributed by atoms with Gasteiger partial charge in [0.1, 0.15) is 5.82 Å². The maximum absolute atomic E-state index is 13.2. The molecule has 0 aliphatic heterocycles. The summed E-state index contributed by atoms with van der Waals surface area (Å²) in [6.45, 7) is 0.456. The number of aromatic nitrogens is 1. The molecule has 2 aromatic carbocycles. The fraction of sp³-hybridized carbons (Fsp3) is 0.0667. The van der Waals surface area contributed by atoms with Crippen LogP contribution in [0.15, 0.2) is 40.9 Å². The van der Waals surface area contributed by atoms with Gasteiger partial charge in [-0.2, -0.15) is 0 Å². The summed E-state index contributed by atoms with van der Waals surface area (Å²) < 4.78 is 13.8. The van der Waals surface area contributed by atoms with Gasteiger partial charge in [-0.25, -0.2) is 4.39 Å². The van der Waals surface area contributed by atoms with Crippen LogP contribution in [0.1, 0.15) is 5.69 Å². The summed E-state index contributed by atoms with van der Waals surface area (Å²) in [7, 11) is 0. The topological polar surface area (TPSA) is 27.8 Å². The van der Waals surface area contributed by atoms with Gasteiger partial charge < -0.3 is 10.3 Å². The molecule has 108 valence electrons. The van der Waals surface area contributed by atoms with Crippen molar-refractivity contribution in [3.05, 3.63) is 62.4 Å². The van der Waals surface area contributed by atoms with E-state index in [1.807, 2.05) is 24.3 Å². The van der Waals surface area contributed by atoms with Crippen LogP contribution < -0.4 is 5.32 Å². The summed E-state index contributed by atoms with van der Waals surface area (Å²) >= 11 is 15.7. The number of H-pyrrole nitrogens is 1. The van der Waals surface area contributed by atoms with Crippen LogP contribution in [0.5, 0.6) is 0 Å². The van der Waals surface area contributed by atoms with Gasteiger partial charge in [-0.3, -0.25) is 0 Å². The number of halogens is 4. The molecule has 0 fully saturated rings. The van der Waals surface area contributed by atoms with E-state index in [2.05, 4.69) is 26.2 Å². The molecule has 0 aliphatic rings. The minimum Gasteiger partial charge on any atom is -0.377 e. The number of hydrogen-bond donors (Lipinski definition) is 2. The Labute approximate surface area is 139 Å². The predicted molar refractivity (Wildman–Crippen MR) is 89.7 cm³/mol. The Morgan fingerprint density at radius 3 is 2.67 bits per heavy atom. The first-order chi connectivity index (χ1) is 10.1. The van der Waals surface area contributed by atoms with E-state index in [4.69, 9.17) is 23.2 Å². The van der Waals surface area contributed by atoms with Gasteiger partial charge in [0.25, 0.3) is 0 Å². The van der Waals surface area contributed by atoms with Crippen LogP contribution in [0.25, 0.3) is 10.9 Å². The summed E-state index contributed by atoms with van der Waals surface area (Å²) in [5, 5.41) is 5.13. The van der Waals surface area contributed by atoms with Crippen LogP contribution in [-0.2, 0) is 6.54 Å². The molecule has 0 aliphatic carbocycles. The maximum atomic E-state index is 13.2. The summed E-state index contributed by atoms with van der Waals surface area (Å²) in [6, 6.07) is 10.4. The minimum absolute atomic E-state index is 0.314. The van der Waals surface area contributed by atoms with Gasteiger partial charge in [0.05, 0.1) is 28.0 Å². The zero-order valence-electron chi connectivity index (χ0n) is 10.7.